The normalized spacial score (nSPS) is 12.8. The molecule has 1 atom stereocenters. The molecule has 3 aromatic heterocycles. The van der Waals surface area contributed by atoms with Crippen LogP contribution in [0.5, 0.6) is 0 Å². The van der Waals surface area contributed by atoms with E-state index in [9.17, 15) is 0 Å². The van der Waals surface area contributed by atoms with Gasteiger partial charge in [0.2, 0.25) is 5.89 Å². The van der Waals surface area contributed by atoms with Gasteiger partial charge in [0.15, 0.2) is 16.8 Å². The third kappa shape index (κ3) is 2.48. The molecule has 0 amide bonds. The van der Waals surface area contributed by atoms with Crippen LogP contribution in [0.15, 0.2) is 27.2 Å². The van der Waals surface area contributed by atoms with Gasteiger partial charge in [0, 0.05) is 7.05 Å². The van der Waals surface area contributed by atoms with E-state index in [1.807, 2.05) is 43.0 Å². The number of nitrogens with zero attached hydrogens (tertiary/aromatic N) is 5. The van der Waals surface area contributed by atoms with Gasteiger partial charge in [-0.15, -0.1) is 21.5 Å². The number of hydrogen-bond donors (Lipinski definition) is 0. The van der Waals surface area contributed by atoms with Crippen molar-refractivity contribution in [2.45, 2.75) is 24.3 Å². The lowest BCUT2D eigenvalue weighted by molar-refractivity contribution is 0.376. The molecule has 0 saturated carbocycles. The Kier molecular flexibility index (Phi) is 3.58. The van der Waals surface area contributed by atoms with Gasteiger partial charge in [-0.1, -0.05) is 23.0 Å². The summed E-state index contributed by atoms with van der Waals surface area (Å²) in [6, 6.07) is 4.04. The van der Waals surface area contributed by atoms with E-state index in [4.69, 9.17) is 4.52 Å². The molecule has 0 aliphatic carbocycles. The SMILES string of the molecule is Cc1noc(C(C)Sc2nnc(-c3cccs3)n2C)n1. The minimum Gasteiger partial charge on any atom is -0.338 e. The molecule has 0 aliphatic rings. The van der Waals surface area contributed by atoms with Crippen LogP contribution in [-0.4, -0.2) is 24.9 Å². The Bertz CT molecular complexity index is 703. The van der Waals surface area contributed by atoms with E-state index >= 15 is 0 Å². The molecular formula is C12H13N5OS2. The Labute approximate surface area is 124 Å². The summed E-state index contributed by atoms with van der Waals surface area (Å²) in [5.74, 6) is 2.12. The van der Waals surface area contributed by atoms with E-state index in [1.165, 1.54) is 0 Å². The number of hydrogen-bond acceptors (Lipinski definition) is 7. The molecule has 0 bridgehead atoms. The Morgan fingerprint density at radius 1 is 1.40 bits per heavy atom. The Morgan fingerprint density at radius 3 is 2.90 bits per heavy atom. The number of aromatic nitrogens is 5. The predicted molar refractivity (Wildman–Crippen MR) is 77.6 cm³/mol. The van der Waals surface area contributed by atoms with E-state index in [0.29, 0.717) is 11.7 Å². The summed E-state index contributed by atoms with van der Waals surface area (Å²) in [6.45, 7) is 3.82. The van der Waals surface area contributed by atoms with Crippen molar-refractivity contribution in [3.63, 3.8) is 0 Å². The maximum Gasteiger partial charge on any atom is 0.239 e. The first-order valence-electron chi connectivity index (χ1n) is 6.05. The monoisotopic (exact) mass is 307 g/mol. The zero-order chi connectivity index (χ0) is 14.1. The van der Waals surface area contributed by atoms with Crippen molar-refractivity contribution in [1.29, 1.82) is 0 Å². The lowest BCUT2D eigenvalue weighted by Crippen LogP contribution is -1.96. The standard InChI is InChI=1S/C12H13N5OS2/c1-7(11-13-8(2)16-18-11)20-12-15-14-10(17(12)3)9-5-4-6-19-9/h4-7H,1-3H3. The number of thiophene rings is 1. The lowest BCUT2D eigenvalue weighted by Gasteiger charge is -2.05. The van der Waals surface area contributed by atoms with Crippen molar-refractivity contribution >= 4 is 23.1 Å². The van der Waals surface area contributed by atoms with E-state index in [-0.39, 0.29) is 5.25 Å². The number of thioether (sulfide) groups is 1. The summed E-state index contributed by atoms with van der Waals surface area (Å²) >= 11 is 3.20. The molecule has 104 valence electrons. The van der Waals surface area contributed by atoms with Gasteiger partial charge >= 0.3 is 0 Å². The zero-order valence-electron chi connectivity index (χ0n) is 11.3. The van der Waals surface area contributed by atoms with E-state index in [0.717, 1.165) is 15.9 Å². The van der Waals surface area contributed by atoms with Crippen molar-refractivity contribution in [3.05, 3.63) is 29.2 Å². The average molecular weight is 307 g/mol. The molecule has 20 heavy (non-hydrogen) atoms. The summed E-state index contributed by atoms with van der Waals surface area (Å²) in [6.07, 6.45) is 0. The molecule has 8 heteroatoms. The summed E-state index contributed by atoms with van der Waals surface area (Å²) in [5.41, 5.74) is 0. The minimum atomic E-state index is 0.0373. The Balaban J connectivity index is 1.82. The minimum absolute atomic E-state index is 0.0373. The summed E-state index contributed by atoms with van der Waals surface area (Å²) in [5, 5.41) is 15.2. The van der Waals surface area contributed by atoms with Gasteiger partial charge in [-0.05, 0) is 25.3 Å². The molecule has 0 spiro atoms. The maximum atomic E-state index is 5.18. The third-order valence-electron chi connectivity index (χ3n) is 2.75. The second-order valence-electron chi connectivity index (χ2n) is 4.28. The van der Waals surface area contributed by atoms with Crippen LogP contribution >= 0.6 is 23.1 Å². The van der Waals surface area contributed by atoms with Gasteiger partial charge in [-0.25, -0.2) is 0 Å². The third-order valence-corrected chi connectivity index (χ3v) is 4.74. The molecule has 6 nitrogen and oxygen atoms in total. The molecule has 1 unspecified atom stereocenters. The van der Waals surface area contributed by atoms with Crippen molar-refractivity contribution in [3.8, 4) is 10.7 Å². The molecule has 0 saturated heterocycles. The Morgan fingerprint density at radius 2 is 2.25 bits per heavy atom. The molecule has 0 radical (unpaired) electrons. The Hall–Kier alpha value is -1.67. The fourth-order valence-corrected chi connectivity index (χ4v) is 3.31. The van der Waals surface area contributed by atoms with Crippen LogP contribution in [0.3, 0.4) is 0 Å². The van der Waals surface area contributed by atoms with Gasteiger partial charge in [-0.3, -0.25) is 0 Å². The van der Waals surface area contributed by atoms with Gasteiger partial charge < -0.3 is 9.09 Å². The first kappa shape index (κ1) is 13.3. The van der Waals surface area contributed by atoms with Crippen molar-refractivity contribution in [2.75, 3.05) is 0 Å². The lowest BCUT2D eigenvalue weighted by atomic mass is 10.4. The highest BCUT2D eigenvalue weighted by molar-refractivity contribution is 7.99. The van der Waals surface area contributed by atoms with Gasteiger partial charge in [0.05, 0.1) is 10.1 Å². The topological polar surface area (TPSA) is 69.6 Å². The average Bonchev–Trinajstić information content (AvgIpc) is 3.12. The highest BCUT2D eigenvalue weighted by atomic mass is 32.2. The van der Waals surface area contributed by atoms with Crippen LogP contribution in [-0.2, 0) is 7.05 Å². The highest BCUT2D eigenvalue weighted by Gasteiger charge is 2.19. The van der Waals surface area contributed by atoms with Crippen molar-refractivity contribution in [1.82, 2.24) is 24.9 Å². The largest absolute Gasteiger partial charge is 0.338 e. The highest BCUT2D eigenvalue weighted by Crippen LogP contribution is 2.34. The molecule has 3 heterocycles. The van der Waals surface area contributed by atoms with E-state index in [2.05, 4.69) is 20.3 Å². The maximum absolute atomic E-state index is 5.18. The molecule has 3 aromatic rings. The molecule has 3 rings (SSSR count). The van der Waals surface area contributed by atoms with Gasteiger partial charge in [-0.2, -0.15) is 4.98 Å². The fourth-order valence-electron chi connectivity index (χ4n) is 1.72. The van der Waals surface area contributed by atoms with Gasteiger partial charge in [0.25, 0.3) is 0 Å². The van der Waals surface area contributed by atoms with Crippen LogP contribution in [0.1, 0.15) is 23.9 Å². The first-order valence-corrected chi connectivity index (χ1v) is 7.81. The fraction of sp³-hybridized carbons (Fsp3) is 0.333. The molecule has 0 aliphatic heterocycles. The summed E-state index contributed by atoms with van der Waals surface area (Å²) < 4.78 is 7.16. The van der Waals surface area contributed by atoms with Crippen LogP contribution in [0, 0.1) is 6.92 Å². The van der Waals surface area contributed by atoms with E-state index < -0.39 is 0 Å². The van der Waals surface area contributed by atoms with Crippen molar-refractivity contribution in [2.24, 2.45) is 7.05 Å². The molecule has 0 N–H and O–H groups in total. The number of aryl methyl sites for hydroxylation is 1. The first-order chi connectivity index (χ1) is 9.65. The summed E-state index contributed by atoms with van der Waals surface area (Å²) in [4.78, 5) is 5.34. The van der Waals surface area contributed by atoms with Crippen LogP contribution in [0.2, 0.25) is 0 Å². The van der Waals surface area contributed by atoms with E-state index in [1.54, 1.807) is 23.1 Å². The van der Waals surface area contributed by atoms with Crippen LogP contribution in [0.25, 0.3) is 10.7 Å². The second-order valence-corrected chi connectivity index (χ2v) is 6.54. The smallest absolute Gasteiger partial charge is 0.239 e. The van der Waals surface area contributed by atoms with Crippen LogP contribution < -0.4 is 0 Å². The zero-order valence-corrected chi connectivity index (χ0v) is 12.9. The number of rotatable bonds is 4. The summed E-state index contributed by atoms with van der Waals surface area (Å²) in [7, 11) is 1.96. The van der Waals surface area contributed by atoms with Gasteiger partial charge in [0.1, 0.15) is 0 Å². The molecule has 0 aromatic carbocycles. The predicted octanol–water partition coefficient (Wildman–Crippen LogP) is 3.09. The quantitative estimate of drug-likeness (QED) is 0.690. The molecular weight excluding hydrogens is 294 g/mol. The molecule has 0 fully saturated rings. The second kappa shape index (κ2) is 5.37. The van der Waals surface area contributed by atoms with Crippen LogP contribution in [0.4, 0.5) is 0 Å². The van der Waals surface area contributed by atoms with Crippen molar-refractivity contribution < 1.29 is 4.52 Å².